The van der Waals surface area contributed by atoms with Gasteiger partial charge in [0.05, 0.1) is 0 Å². The second-order valence-corrected chi connectivity index (χ2v) is 9.05. The van der Waals surface area contributed by atoms with Crippen molar-refractivity contribution in [1.29, 1.82) is 0 Å². The Morgan fingerprint density at radius 3 is 2.56 bits per heavy atom. The van der Waals surface area contributed by atoms with Crippen LogP contribution in [0, 0.1) is 6.92 Å². The molecule has 1 aliphatic heterocycles. The Morgan fingerprint density at radius 2 is 1.88 bits per heavy atom. The molecule has 1 unspecified atom stereocenters. The summed E-state index contributed by atoms with van der Waals surface area (Å²) in [4.78, 5) is 39.1. The number of carbonyl (C=O) groups excluding carboxylic acids is 3. The molecular formula is C26H29NO6S. The van der Waals surface area contributed by atoms with Crippen molar-refractivity contribution in [2.45, 2.75) is 45.6 Å². The number of allylic oxidation sites excluding steroid dienone is 1. The minimum atomic E-state index is -0.658. The second kappa shape index (κ2) is 12.3. The normalized spacial score (nSPS) is 13.3. The smallest absolute Gasteiger partial charge is 0.328 e. The van der Waals surface area contributed by atoms with Crippen LogP contribution in [0.4, 0.5) is 5.69 Å². The van der Waals surface area contributed by atoms with Gasteiger partial charge >= 0.3 is 5.97 Å². The van der Waals surface area contributed by atoms with Crippen LogP contribution in [-0.4, -0.2) is 36.2 Å². The maximum Gasteiger partial charge on any atom is 0.328 e. The van der Waals surface area contributed by atoms with E-state index in [9.17, 15) is 14.4 Å². The van der Waals surface area contributed by atoms with Gasteiger partial charge in [0, 0.05) is 31.3 Å². The number of Topliss-reactive ketones (excluding diaryl/α,β-unsaturated/α-hetero) is 1. The third-order valence-electron chi connectivity index (χ3n) is 5.47. The average Bonchev–Trinajstić information content (AvgIpc) is 3.37. The van der Waals surface area contributed by atoms with Crippen LogP contribution in [0.15, 0.2) is 60.6 Å². The maximum absolute atomic E-state index is 13.0. The minimum Gasteiger partial charge on any atom is -0.461 e. The number of carbonyl (C=O) groups is 3. The third kappa shape index (κ3) is 6.87. The van der Waals surface area contributed by atoms with Crippen molar-refractivity contribution < 1.29 is 28.6 Å². The molecule has 2 aromatic carbocycles. The summed E-state index contributed by atoms with van der Waals surface area (Å²) in [5.41, 5.74) is 3.63. The molecule has 34 heavy (non-hydrogen) atoms. The molecule has 8 heteroatoms. The van der Waals surface area contributed by atoms with Crippen LogP contribution < -0.4 is 4.90 Å². The Kier molecular flexibility index (Phi) is 9.16. The standard InChI is InChI=1S/C26H29NO6S/c1-18-8-7-11-23(22(18)16-34-20(3)28)27(13-12-24(29)25-15-31-17-33-25)19(2)26(30)32-14-21-9-5-4-6-10-21/h4-11,15,19H,12-14,16-17H2,1-3H3. The number of ketones is 1. The van der Waals surface area contributed by atoms with E-state index in [4.69, 9.17) is 14.2 Å². The molecule has 2 aromatic rings. The Bertz CT molecular complexity index is 1050. The van der Waals surface area contributed by atoms with Crippen LogP contribution in [0.25, 0.3) is 0 Å². The van der Waals surface area contributed by atoms with Crippen molar-refractivity contribution in [2.75, 3.05) is 18.2 Å². The van der Waals surface area contributed by atoms with Crippen molar-refractivity contribution in [3.63, 3.8) is 0 Å². The molecule has 1 heterocycles. The lowest BCUT2D eigenvalue weighted by molar-refractivity contribution is -0.146. The van der Waals surface area contributed by atoms with Gasteiger partial charge in [-0.25, -0.2) is 4.79 Å². The van der Waals surface area contributed by atoms with Gasteiger partial charge in [-0.05, 0) is 36.6 Å². The highest BCUT2D eigenvalue weighted by molar-refractivity contribution is 8.12. The Hall–Kier alpha value is -3.26. The first-order valence-electron chi connectivity index (χ1n) is 11.0. The molecule has 0 aliphatic carbocycles. The molecular weight excluding hydrogens is 454 g/mol. The monoisotopic (exact) mass is 483 g/mol. The van der Waals surface area contributed by atoms with Gasteiger partial charge in [-0.2, -0.15) is 0 Å². The van der Waals surface area contributed by atoms with Crippen LogP contribution in [0.2, 0.25) is 0 Å². The summed E-state index contributed by atoms with van der Waals surface area (Å²) < 4.78 is 15.8. The zero-order chi connectivity index (χ0) is 24.5. The highest BCUT2D eigenvalue weighted by Crippen LogP contribution is 2.30. The van der Waals surface area contributed by atoms with E-state index >= 15 is 0 Å². The molecule has 0 spiro atoms. The third-order valence-corrected chi connectivity index (χ3v) is 6.31. The number of thioether (sulfide) groups is 1. The summed E-state index contributed by atoms with van der Waals surface area (Å²) in [5, 5.41) is 0.0107. The van der Waals surface area contributed by atoms with Crippen LogP contribution in [0.3, 0.4) is 0 Å². The van der Waals surface area contributed by atoms with E-state index in [1.165, 1.54) is 24.9 Å². The summed E-state index contributed by atoms with van der Waals surface area (Å²) in [6.07, 6.45) is 1.44. The lowest BCUT2D eigenvalue weighted by atomic mass is 10.0. The number of anilines is 1. The van der Waals surface area contributed by atoms with E-state index in [2.05, 4.69) is 0 Å². The highest BCUT2D eigenvalue weighted by atomic mass is 32.2. The summed E-state index contributed by atoms with van der Waals surface area (Å²) in [6.45, 7) is 5.71. The molecule has 0 N–H and O–H groups in total. The second-order valence-electron chi connectivity index (χ2n) is 7.90. The highest BCUT2D eigenvalue weighted by Gasteiger charge is 2.27. The number of rotatable bonds is 11. The SMILES string of the molecule is CC(=O)SCc1c(C)cccc1N(CCC(=O)C1=COCO1)C(C)C(=O)OCc1ccccc1. The van der Waals surface area contributed by atoms with Gasteiger partial charge in [-0.15, -0.1) is 0 Å². The molecule has 1 atom stereocenters. The lowest BCUT2D eigenvalue weighted by Gasteiger charge is -2.32. The molecule has 0 aromatic heterocycles. The summed E-state index contributed by atoms with van der Waals surface area (Å²) in [6, 6.07) is 14.6. The maximum atomic E-state index is 13.0. The summed E-state index contributed by atoms with van der Waals surface area (Å²) in [7, 11) is 0. The number of nitrogens with zero attached hydrogens (tertiary/aromatic N) is 1. The number of esters is 1. The summed E-state index contributed by atoms with van der Waals surface area (Å²) in [5.74, 6) is 0.0357. The molecule has 7 nitrogen and oxygen atoms in total. The largest absolute Gasteiger partial charge is 0.461 e. The van der Waals surface area contributed by atoms with E-state index in [1.54, 1.807) is 6.92 Å². The molecule has 0 bridgehead atoms. The van der Waals surface area contributed by atoms with E-state index in [-0.39, 0.29) is 43.0 Å². The fraction of sp³-hybridized carbons (Fsp3) is 0.346. The number of hydrogen-bond donors (Lipinski definition) is 0. The Morgan fingerprint density at radius 1 is 1.12 bits per heavy atom. The van der Waals surface area contributed by atoms with Crippen molar-refractivity contribution in [1.82, 2.24) is 0 Å². The predicted molar refractivity (Wildman–Crippen MR) is 131 cm³/mol. The molecule has 180 valence electrons. The first-order chi connectivity index (χ1) is 16.4. The number of hydrogen-bond acceptors (Lipinski definition) is 8. The van der Waals surface area contributed by atoms with Crippen molar-refractivity contribution in [3.8, 4) is 0 Å². The fourth-order valence-corrected chi connectivity index (χ4v) is 4.27. The van der Waals surface area contributed by atoms with Crippen molar-refractivity contribution in [2.24, 2.45) is 0 Å². The summed E-state index contributed by atoms with van der Waals surface area (Å²) >= 11 is 1.21. The fourth-order valence-electron chi connectivity index (χ4n) is 3.55. The van der Waals surface area contributed by atoms with Gasteiger partial charge < -0.3 is 19.1 Å². The quantitative estimate of drug-likeness (QED) is 0.432. The van der Waals surface area contributed by atoms with E-state index in [0.717, 1.165) is 22.4 Å². The van der Waals surface area contributed by atoms with E-state index < -0.39 is 12.0 Å². The molecule has 0 saturated carbocycles. The van der Waals surface area contributed by atoms with Crippen LogP contribution in [-0.2, 0) is 41.0 Å². The molecule has 0 radical (unpaired) electrons. The van der Waals surface area contributed by atoms with Gasteiger partial charge in [0.25, 0.3) is 0 Å². The molecule has 0 saturated heterocycles. The predicted octanol–water partition coefficient (Wildman–Crippen LogP) is 4.52. The van der Waals surface area contributed by atoms with E-state index in [1.807, 2.05) is 60.4 Å². The first kappa shape index (κ1) is 25.4. The van der Waals surface area contributed by atoms with Crippen LogP contribution in [0.1, 0.15) is 37.0 Å². The van der Waals surface area contributed by atoms with E-state index in [0.29, 0.717) is 5.75 Å². The first-order valence-corrected chi connectivity index (χ1v) is 12.0. The molecule has 1 aliphatic rings. The molecule has 3 rings (SSSR count). The van der Waals surface area contributed by atoms with Crippen LogP contribution >= 0.6 is 11.8 Å². The molecule has 0 amide bonds. The Labute approximate surface area is 204 Å². The van der Waals surface area contributed by atoms with Gasteiger partial charge in [0.15, 0.2) is 5.12 Å². The van der Waals surface area contributed by atoms with Gasteiger partial charge in [0.2, 0.25) is 18.3 Å². The van der Waals surface area contributed by atoms with Crippen LogP contribution in [0.5, 0.6) is 0 Å². The number of aryl methyl sites for hydroxylation is 1. The zero-order valence-corrected chi connectivity index (χ0v) is 20.4. The molecule has 0 fully saturated rings. The Balaban J connectivity index is 1.82. The van der Waals surface area contributed by atoms with Crippen molar-refractivity contribution in [3.05, 3.63) is 77.2 Å². The zero-order valence-electron chi connectivity index (χ0n) is 19.6. The topological polar surface area (TPSA) is 82.1 Å². The number of ether oxygens (including phenoxy) is 3. The average molecular weight is 484 g/mol. The minimum absolute atomic E-state index is 0.0107. The number of benzene rings is 2. The van der Waals surface area contributed by atoms with Gasteiger partial charge in [-0.1, -0.05) is 54.2 Å². The van der Waals surface area contributed by atoms with Gasteiger partial charge in [-0.3, -0.25) is 9.59 Å². The lowest BCUT2D eigenvalue weighted by Crippen LogP contribution is -2.42. The van der Waals surface area contributed by atoms with Crippen molar-refractivity contribution >= 4 is 34.3 Å². The van der Waals surface area contributed by atoms with Gasteiger partial charge in [0.1, 0.15) is 18.9 Å².